The van der Waals surface area contributed by atoms with Crippen molar-refractivity contribution in [2.24, 2.45) is 0 Å². The fourth-order valence-corrected chi connectivity index (χ4v) is 5.45. The third-order valence-electron chi connectivity index (χ3n) is 6.26. The van der Waals surface area contributed by atoms with Gasteiger partial charge in [-0.3, -0.25) is 9.69 Å². The second-order valence-corrected chi connectivity index (χ2v) is 9.35. The number of ether oxygens (including phenoxy) is 3. The van der Waals surface area contributed by atoms with Crippen LogP contribution < -0.4 is 10.2 Å². The molecule has 2 aromatic heterocycles. The van der Waals surface area contributed by atoms with Gasteiger partial charge in [-0.2, -0.15) is 13.2 Å². The number of aromatic nitrogens is 1. The Morgan fingerprint density at radius 1 is 1.24 bits per heavy atom. The highest BCUT2D eigenvalue weighted by Gasteiger charge is 2.51. The molecule has 0 saturated carbocycles. The summed E-state index contributed by atoms with van der Waals surface area (Å²) in [7, 11) is 1.42. The van der Waals surface area contributed by atoms with Crippen molar-refractivity contribution in [3.63, 3.8) is 0 Å². The number of rotatable bonds is 3. The van der Waals surface area contributed by atoms with Gasteiger partial charge in [0.1, 0.15) is 11.9 Å². The van der Waals surface area contributed by atoms with Crippen LogP contribution in [0, 0.1) is 0 Å². The zero-order valence-electron chi connectivity index (χ0n) is 18.3. The van der Waals surface area contributed by atoms with Gasteiger partial charge in [0.05, 0.1) is 47.6 Å². The monoisotopic (exact) mass is 500 g/mol. The van der Waals surface area contributed by atoms with E-state index in [0.717, 1.165) is 17.4 Å². The molecular weight excluding hydrogens is 477 g/mol. The van der Waals surface area contributed by atoms with Crippen molar-refractivity contribution in [3.8, 4) is 0 Å². The Balaban J connectivity index is 1.27. The van der Waals surface area contributed by atoms with Gasteiger partial charge in [-0.15, -0.1) is 11.3 Å². The Labute approximate surface area is 196 Å². The lowest BCUT2D eigenvalue weighted by atomic mass is 10.1. The number of thiophene rings is 1. The van der Waals surface area contributed by atoms with Crippen molar-refractivity contribution in [2.45, 2.75) is 30.9 Å². The minimum atomic E-state index is -4.59. The first-order chi connectivity index (χ1) is 16.2. The number of likely N-dealkylation sites (tertiary alicyclic amines) is 1. The number of amides is 2. The Morgan fingerprint density at radius 3 is 2.53 bits per heavy atom. The largest absolute Gasteiger partial charge is 0.446 e. The van der Waals surface area contributed by atoms with Gasteiger partial charge in [-0.05, 0) is 6.07 Å². The fourth-order valence-electron chi connectivity index (χ4n) is 4.43. The second kappa shape index (κ2) is 8.54. The molecule has 0 unspecified atom stereocenters. The Kier molecular flexibility index (Phi) is 5.81. The Bertz CT molecular complexity index is 1100. The van der Waals surface area contributed by atoms with Gasteiger partial charge < -0.3 is 24.4 Å². The number of carbonyl (C=O) groups excluding carboxylic acids is 2. The molecule has 5 heterocycles. The number of hydrogen-bond donors (Lipinski definition) is 1. The number of alkyl halides is 3. The van der Waals surface area contributed by atoms with Crippen LogP contribution in [0.25, 0.3) is 10.2 Å². The van der Waals surface area contributed by atoms with Crippen LogP contribution in [0.5, 0.6) is 0 Å². The highest BCUT2D eigenvalue weighted by molar-refractivity contribution is 7.17. The van der Waals surface area contributed by atoms with E-state index in [1.54, 1.807) is 4.90 Å². The first-order valence-corrected chi connectivity index (χ1v) is 11.8. The summed E-state index contributed by atoms with van der Waals surface area (Å²) in [5.74, 6) is -1.04. The predicted octanol–water partition coefficient (Wildman–Crippen LogP) is 2.84. The second-order valence-electron chi connectivity index (χ2n) is 8.47. The minimum absolute atomic E-state index is 0.0331. The third kappa shape index (κ3) is 4.16. The number of fused-ring (bicyclic) bond motifs is 1. The van der Waals surface area contributed by atoms with Crippen molar-refractivity contribution < 1.29 is 37.0 Å². The summed E-state index contributed by atoms with van der Waals surface area (Å²) in [6.45, 7) is 2.39. The summed E-state index contributed by atoms with van der Waals surface area (Å²) < 4.78 is 57.8. The van der Waals surface area contributed by atoms with Gasteiger partial charge in [0.25, 0.3) is 5.91 Å². The number of piperidine rings is 1. The number of halogens is 3. The standard InChI is InChI=1S/C21H23F3N4O5S/c1-25-18(29)13-9-34-17-14(21(22,23)24)8-15(26-16(13)17)27-4-2-12(3-5-27)33-19(30)28-10-20(11-28)31-6-7-32-20/h8-9,12H,2-7,10-11H2,1H3,(H,25,29). The van der Waals surface area contributed by atoms with Crippen LogP contribution in [0.1, 0.15) is 28.8 Å². The lowest BCUT2D eigenvalue weighted by Crippen LogP contribution is -2.64. The number of carbonyl (C=O) groups is 2. The number of nitrogens with zero attached hydrogens (tertiary/aromatic N) is 3. The maximum Gasteiger partial charge on any atom is 0.417 e. The van der Waals surface area contributed by atoms with Crippen molar-refractivity contribution >= 4 is 39.4 Å². The third-order valence-corrected chi connectivity index (χ3v) is 7.26. The van der Waals surface area contributed by atoms with Crippen LogP contribution in [0.2, 0.25) is 0 Å². The highest BCUT2D eigenvalue weighted by atomic mass is 32.1. The summed E-state index contributed by atoms with van der Waals surface area (Å²) in [5, 5.41) is 3.83. The molecule has 0 radical (unpaired) electrons. The van der Waals surface area contributed by atoms with Crippen molar-refractivity contribution in [2.75, 3.05) is 51.3 Å². The summed E-state index contributed by atoms with van der Waals surface area (Å²) in [6.07, 6.45) is -4.49. The van der Waals surface area contributed by atoms with E-state index in [-0.39, 0.29) is 27.7 Å². The van der Waals surface area contributed by atoms with Gasteiger partial charge in [0.2, 0.25) is 5.79 Å². The van der Waals surface area contributed by atoms with E-state index in [9.17, 15) is 22.8 Å². The summed E-state index contributed by atoms with van der Waals surface area (Å²) in [4.78, 5) is 32.2. The van der Waals surface area contributed by atoms with Crippen molar-refractivity contribution in [3.05, 3.63) is 22.6 Å². The lowest BCUT2D eigenvalue weighted by molar-refractivity contribution is -0.229. The molecule has 13 heteroatoms. The first kappa shape index (κ1) is 23.1. The molecule has 0 atom stereocenters. The van der Waals surface area contributed by atoms with Crippen LogP contribution in [0.3, 0.4) is 0 Å². The molecule has 0 bridgehead atoms. The fraction of sp³-hybridized carbons (Fsp3) is 0.571. The molecule has 3 saturated heterocycles. The molecule has 1 N–H and O–H groups in total. The molecule has 2 aromatic rings. The van der Waals surface area contributed by atoms with Gasteiger partial charge >= 0.3 is 12.3 Å². The molecule has 3 fully saturated rings. The van der Waals surface area contributed by atoms with E-state index in [1.807, 2.05) is 0 Å². The molecule has 3 aliphatic rings. The Morgan fingerprint density at radius 2 is 1.91 bits per heavy atom. The zero-order chi connectivity index (χ0) is 24.1. The molecule has 3 aliphatic heterocycles. The van der Waals surface area contributed by atoms with Crippen molar-refractivity contribution in [1.82, 2.24) is 15.2 Å². The summed E-state index contributed by atoms with van der Waals surface area (Å²) >= 11 is 0.849. The van der Waals surface area contributed by atoms with Crippen LogP contribution in [-0.2, 0) is 20.4 Å². The molecule has 184 valence electrons. The van der Waals surface area contributed by atoms with Gasteiger partial charge in [0.15, 0.2) is 0 Å². The maximum absolute atomic E-state index is 13.8. The highest BCUT2D eigenvalue weighted by Crippen LogP contribution is 2.40. The van der Waals surface area contributed by atoms with E-state index in [2.05, 4.69) is 10.3 Å². The molecule has 5 rings (SSSR count). The van der Waals surface area contributed by atoms with Crippen LogP contribution in [0.4, 0.5) is 23.8 Å². The topological polar surface area (TPSA) is 93.2 Å². The predicted molar refractivity (Wildman–Crippen MR) is 116 cm³/mol. The average Bonchev–Trinajstić information content (AvgIpc) is 3.44. The van der Waals surface area contributed by atoms with E-state index in [0.29, 0.717) is 52.2 Å². The number of anilines is 1. The summed E-state index contributed by atoms with van der Waals surface area (Å²) in [6, 6.07) is 1.03. The van der Waals surface area contributed by atoms with Crippen molar-refractivity contribution in [1.29, 1.82) is 0 Å². The normalized spacial score (nSPS) is 20.6. The van der Waals surface area contributed by atoms with Crippen LogP contribution in [0.15, 0.2) is 11.4 Å². The van der Waals surface area contributed by atoms with E-state index >= 15 is 0 Å². The Hall–Kier alpha value is -2.64. The lowest BCUT2D eigenvalue weighted by Gasteiger charge is -2.45. The number of pyridine rings is 1. The van der Waals surface area contributed by atoms with E-state index in [1.165, 1.54) is 17.3 Å². The van der Waals surface area contributed by atoms with Gasteiger partial charge in [0, 0.05) is 38.4 Å². The average molecular weight is 500 g/mol. The quantitative estimate of drug-likeness (QED) is 0.693. The minimum Gasteiger partial charge on any atom is -0.446 e. The van der Waals surface area contributed by atoms with Gasteiger partial charge in [-0.25, -0.2) is 9.78 Å². The molecular formula is C21H23F3N4O5S. The summed E-state index contributed by atoms with van der Waals surface area (Å²) in [5.41, 5.74) is -0.670. The maximum atomic E-state index is 13.8. The number of nitrogens with one attached hydrogen (secondary N) is 1. The van der Waals surface area contributed by atoms with E-state index in [4.69, 9.17) is 14.2 Å². The molecule has 2 amide bonds. The molecule has 9 nitrogen and oxygen atoms in total. The molecule has 34 heavy (non-hydrogen) atoms. The smallest absolute Gasteiger partial charge is 0.417 e. The number of hydrogen-bond acceptors (Lipinski definition) is 8. The first-order valence-electron chi connectivity index (χ1n) is 10.9. The molecule has 0 aliphatic carbocycles. The van der Waals surface area contributed by atoms with E-state index < -0.39 is 29.5 Å². The van der Waals surface area contributed by atoms with Crippen LogP contribution >= 0.6 is 11.3 Å². The van der Waals surface area contributed by atoms with Crippen LogP contribution in [-0.4, -0.2) is 80.2 Å². The SMILES string of the molecule is CNC(=O)c1csc2c(C(F)(F)F)cc(N3CCC(OC(=O)N4CC5(C4)OCCO5)CC3)nc12. The molecule has 1 spiro atoms. The zero-order valence-corrected chi connectivity index (χ0v) is 19.1. The molecule has 0 aromatic carbocycles. The van der Waals surface area contributed by atoms with Gasteiger partial charge in [-0.1, -0.05) is 0 Å².